The lowest BCUT2D eigenvalue weighted by Crippen LogP contribution is -2.51. The van der Waals surface area contributed by atoms with Crippen molar-refractivity contribution in [1.82, 2.24) is 4.90 Å². The third kappa shape index (κ3) is 3.25. The van der Waals surface area contributed by atoms with E-state index in [0.717, 1.165) is 24.8 Å². The standard InChI is InChI=1S/C15H27NO2/c1-11-6-7-14(12(2)9-11)16-8-4-3-5-13(16)10-15(17)18/h11-14H,3-10H2,1-2H3,(H,17,18). The molecule has 0 aromatic rings. The molecule has 3 nitrogen and oxygen atoms in total. The minimum Gasteiger partial charge on any atom is -0.481 e. The summed E-state index contributed by atoms with van der Waals surface area (Å²) >= 11 is 0. The average Bonchev–Trinajstić information content (AvgIpc) is 2.30. The first kappa shape index (κ1) is 13.9. The van der Waals surface area contributed by atoms with Crippen molar-refractivity contribution in [3.8, 4) is 0 Å². The van der Waals surface area contributed by atoms with Gasteiger partial charge in [-0.1, -0.05) is 20.3 Å². The highest BCUT2D eigenvalue weighted by molar-refractivity contribution is 5.67. The van der Waals surface area contributed by atoms with Crippen LogP contribution in [-0.2, 0) is 4.79 Å². The second kappa shape index (κ2) is 6.05. The lowest BCUT2D eigenvalue weighted by atomic mass is 9.78. The first-order valence-electron chi connectivity index (χ1n) is 7.55. The first-order chi connectivity index (χ1) is 8.58. The fraction of sp³-hybridized carbons (Fsp3) is 0.933. The van der Waals surface area contributed by atoms with Crippen molar-refractivity contribution < 1.29 is 9.90 Å². The molecule has 3 heteroatoms. The fourth-order valence-electron chi connectivity index (χ4n) is 4.02. The summed E-state index contributed by atoms with van der Waals surface area (Å²) in [6.45, 7) is 5.81. The van der Waals surface area contributed by atoms with Crippen LogP contribution in [0.25, 0.3) is 0 Å². The van der Waals surface area contributed by atoms with Crippen LogP contribution in [0.1, 0.15) is 58.8 Å². The topological polar surface area (TPSA) is 40.5 Å². The van der Waals surface area contributed by atoms with Crippen molar-refractivity contribution in [2.75, 3.05) is 6.54 Å². The minimum atomic E-state index is -0.635. The molecule has 1 heterocycles. The normalized spacial score (nSPS) is 38.6. The third-order valence-electron chi connectivity index (χ3n) is 4.90. The number of aliphatic carboxylic acids is 1. The van der Waals surface area contributed by atoms with E-state index in [1.165, 1.54) is 32.1 Å². The van der Waals surface area contributed by atoms with Crippen LogP contribution >= 0.6 is 0 Å². The van der Waals surface area contributed by atoms with E-state index in [1.54, 1.807) is 0 Å². The molecule has 0 radical (unpaired) electrons. The molecular formula is C15H27NO2. The predicted molar refractivity (Wildman–Crippen MR) is 72.6 cm³/mol. The number of hydrogen-bond donors (Lipinski definition) is 1. The Hall–Kier alpha value is -0.570. The van der Waals surface area contributed by atoms with Gasteiger partial charge in [0.2, 0.25) is 0 Å². The Labute approximate surface area is 111 Å². The Balaban J connectivity index is 2.01. The van der Waals surface area contributed by atoms with E-state index in [4.69, 9.17) is 5.11 Å². The van der Waals surface area contributed by atoms with Crippen LogP contribution in [0.5, 0.6) is 0 Å². The molecule has 2 fully saturated rings. The van der Waals surface area contributed by atoms with Crippen molar-refractivity contribution in [2.45, 2.75) is 70.9 Å². The minimum absolute atomic E-state index is 0.289. The van der Waals surface area contributed by atoms with Crippen LogP contribution in [0.3, 0.4) is 0 Å². The van der Waals surface area contributed by atoms with E-state index in [9.17, 15) is 4.79 Å². The summed E-state index contributed by atoms with van der Waals surface area (Å²) in [4.78, 5) is 13.5. The Morgan fingerprint density at radius 2 is 2.00 bits per heavy atom. The SMILES string of the molecule is CC1CCC(N2CCCCC2CC(=O)O)C(C)C1. The van der Waals surface area contributed by atoms with Gasteiger partial charge < -0.3 is 5.11 Å². The number of nitrogens with zero attached hydrogens (tertiary/aromatic N) is 1. The molecule has 4 atom stereocenters. The zero-order valence-corrected chi connectivity index (χ0v) is 11.8. The smallest absolute Gasteiger partial charge is 0.304 e. The second-order valence-electron chi connectivity index (χ2n) is 6.45. The van der Waals surface area contributed by atoms with Gasteiger partial charge in [-0.05, 0) is 50.5 Å². The number of carboxylic acid groups (broad SMARTS) is 1. The van der Waals surface area contributed by atoms with Crippen LogP contribution in [0, 0.1) is 11.8 Å². The molecule has 1 aliphatic heterocycles. The van der Waals surface area contributed by atoms with Gasteiger partial charge in [-0.2, -0.15) is 0 Å². The van der Waals surface area contributed by atoms with Crippen LogP contribution in [0.15, 0.2) is 0 Å². The van der Waals surface area contributed by atoms with E-state index in [0.29, 0.717) is 12.5 Å². The molecule has 2 rings (SSSR count). The molecule has 18 heavy (non-hydrogen) atoms. The highest BCUT2D eigenvalue weighted by atomic mass is 16.4. The lowest BCUT2D eigenvalue weighted by molar-refractivity contribution is -0.139. The molecule has 1 N–H and O–H groups in total. The Bertz CT molecular complexity index is 292. The molecule has 2 aliphatic rings. The van der Waals surface area contributed by atoms with Gasteiger partial charge in [0.15, 0.2) is 0 Å². The van der Waals surface area contributed by atoms with Gasteiger partial charge in [-0.3, -0.25) is 9.69 Å². The largest absolute Gasteiger partial charge is 0.481 e. The van der Waals surface area contributed by atoms with E-state index >= 15 is 0 Å². The Kier molecular flexibility index (Phi) is 4.66. The van der Waals surface area contributed by atoms with E-state index in [2.05, 4.69) is 18.7 Å². The average molecular weight is 253 g/mol. The van der Waals surface area contributed by atoms with Crippen LogP contribution in [-0.4, -0.2) is 34.6 Å². The highest BCUT2D eigenvalue weighted by Crippen LogP contribution is 2.35. The fourth-order valence-corrected chi connectivity index (χ4v) is 4.02. The summed E-state index contributed by atoms with van der Waals surface area (Å²) in [6, 6.07) is 0.919. The van der Waals surface area contributed by atoms with Crippen molar-refractivity contribution in [1.29, 1.82) is 0 Å². The van der Waals surface area contributed by atoms with Gasteiger partial charge in [0.25, 0.3) is 0 Å². The molecule has 1 aliphatic carbocycles. The maximum atomic E-state index is 11.0. The maximum absolute atomic E-state index is 11.0. The van der Waals surface area contributed by atoms with Gasteiger partial charge in [-0.15, -0.1) is 0 Å². The summed E-state index contributed by atoms with van der Waals surface area (Å²) in [5.74, 6) is 0.936. The zero-order valence-electron chi connectivity index (χ0n) is 11.8. The van der Waals surface area contributed by atoms with Gasteiger partial charge >= 0.3 is 5.97 Å². The lowest BCUT2D eigenvalue weighted by Gasteiger charge is -2.46. The third-order valence-corrected chi connectivity index (χ3v) is 4.90. The summed E-state index contributed by atoms with van der Waals surface area (Å²) in [5.41, 5.74) is 0. The maximum Gasteiger partial charge on any atom is 0.304 e. The van der Waals surface area contributed by atoms with E-state index < -0.39 is 5.97 Å². The van der Waals surface area contributed by atoms with Crippen molar-refractivity contribution in [3.05, 3.63) is 0 Å². The quantitative estimate of drug-likeness (QED) is 0.840. The first-order valence-corrected chi connectivity index (χ1v) is 7.55. The highest BCUT2D eigenvalue weighted by Gasteiger charge is 2.35. The van der Waals surface area contributed by atoms with Crippen molar-refractivity contribution in [2.24, 2.45) is 11.8 Å². The molecule has 0 aromatic heterocycles. The van der Waals surface area contributed by atoms with Crippen LogP contribution < -0.4 is 0 Å². The van der Waals surface area contributed by atoms with E-state index in [-0.39, 0.29) is 6.04 Å². The van der Waals surface area contributed by atoms with Crippen molar-refractivity contribution in [3.63, 3.8) is 0 Å². The summed E-state index contributed by atoms with van der Waals surface area (Å²) in [6.07, 6.45) is 7.73. The number of hydrogen-bond acceptors (Lipinski definition) is 2. The van der Waals surface area contributed by atoms with Crippen LogP contribution in [0.2, 0.25) is 0 Å². The molecule has 104 valence electrons. The molecule has 0 spiro atoms. The van der Waals surface area contributed by atoms with Gasteiger partial charge in [0, 0.05) is 12.1 Å². The van der Waals surface area contributed by atoms with Gasteiger partial charge in [0.05, 0.1) is 6.42 Å². The molecule has 1 saturated carbocycles. The summed E-state index contributed by atoms with van der Waals surface area (Å²) in [5, 5.41) is 9.06. The molecule has 1 saturated heterocycles. The second-order valence-corrected chi connectivity index (χ2v) is 6.45. The number of likely N-dealkylation sites (tertiary alicyclic amines) is 1. The molecule has 0 amide bonds. The molecular weight excluding hydrogens is 226 g/mol. The molecule has 0 aromatic carbocycles. The summed E-state index contributed by atoms with van der Waals surface area (Å²) < 4.78 is 0. The Morgan fingerprint density at radius 1 is 1.22 bits per heavy atom. The van der Waals surface area contributed by atoms with Crippen molar-refractivity contribution >= 4 is 5.97 Å². The summed E-state index contributed by atoms with van der Waals surface area (Å²) in [7, 11) is 0. The van der Waals surface area contributed by atoms with Gasteiger partial charge in [0.1, 0.15) is 0 Å². The predicted octanol–water partition coefficient (Wildman–Crippen LogP) is 3.14. The van der Waals surface area contributed by atoms with Gasteiger partial charge in [-0.25, -0.2) is 0 Å². The van der Waals surface area contributed by atoms with E-state index in [1.807, 2.05) is 0 Å². The number of carbonyl (C=O) groups is 1. The van der Waals surface area contributed by atoms with Crippen LogP contribution in [0.4, 0.5) is 0 Å². The monoisotopic (exact) mass is 253 g/mol. The molecule has 4 unspecified atom stereocenters. The Morgan fingerprint density at radius 3 is 2.67 bits per heavy atom. The number of carboxylic acids is 1. The molecule has 0 bridgehead atoms. The zero-order chi connectivity index (χ0) is 13.1. The number of piperidine rings is 1. The number of rotatable bonds is 3.